The number of aliphatic hydroxyl groups is 1. The van der Waals surface area contributed by atoms with Gasteiger partial charge in [-0.3, -0.25) is 4.98 Å². The summed E-state index contributed by atoms with van der Waals surface area (Å²) in [5, 5.41) is 15.8. The molecule has 1 fully saturated rings. The van der Waals surface area contributed by atoms with Crippen molar-refractivity contribution in [3.8, 4) is 0 Å². The number of urea groups is 1. The van der Waals surface area contributed by atoms with Gasteiger partial charge in [0.15, 0.2) is 0 Å². The third-order valence-corrected chi connectivity index (χ3v) is 4.15. The summed E-state index contributed by atoms with van der Waals surface area (Å²) in [6.45, 7) is 0.489. The van der Waals surface area contributed by atoms with Crippen molar-refractivity contribution in [2.45, 2.75) is 44.7 Å². The Hall–Kier alpha value is -1.33. The molecule has 1 aliphatic carbocycles. The fourth-order valence-electron chi connectivity index (χ4n) is 2.69. The van der Waals surface area contributed by atoms with Gasteiger partial charge in [-0.25, -0.2) is 4.79 Å². The van der Waals surface area contributed by atoms with E-state index in [0.29, 0.717) is 11.6 Å². The molecule has 0 aromatic carbocycles. The van der Waals surface area contributed by atoms with Crippen molar-refractivity contribution < 1.29 is 9.90 Å². The zero-order valence-electron chi connectivity index (χ0n) is 12.0. The van der Waals surface area contributed by atoms with E-state index in [1.54, 1.807) is 18.3 Å². The zero-order chi connectivity index (χ0) is 15.1. The van der Waals surface area contributed by atoms with Gasteiger partial charge < -0.3 is 15.7 Å². The topological polar surface area (TPSA) is 74.2 Å². The lowest BCUT2D eigenvalue weighted by Crippen LogP contribution is -2.46. The Kier molecular flexibility index (Phi) is 6.26. The number of carbonyl (C=O) groups is 1. The Morgan fingerprint density at radius 1 is 1.33 bits per heavy atom. The summed E-state index contributed by atoms with van der Waals surface area (Å²) in [4.78, 5) is 16.1. The molecule has 1 aliphatic rings. The predicted octanol–water partition coefficient (Wildman–Crippen LogP) is 2.48. The highest BCUT2D eigenvalue weighted by molar-refractivity contribution is 6.30. The first-order valence-electron chi connectivity index (χ1n) is 7.44. The van der Waals surface area contributed by atoms with Crippen LogP contribution in [0.15, 0.2) is 18.3 Å². The molecule has 0 bridgehead atoms. The van der Waals surface area contributed by atoms with Crippen molar-refractivity contribution in [3.63, 3.8) is 0 Å². The number of rotatable bonds is 4. The molecule has 2 unspecified atom stereocenters. The molecule has 6 heteroatoms. The average Bonchev–Trinajstić information content (AvgIpc) is 2.71. The molecule has 2 rings (SSSR count). The third-order valence-electron chi connectivity index (χ3n) is 3.93. The Bertz CT molecular complexity index is 453. The fourth-order valence-corrected chi connectivity index (χ4v) is 2.81. The van der Waals surface area contributed by atoms with E-state index in [2.05, 4.69) is 15.6 Å². The van der Waals surface area contributed by atoms with E-state index in [0.717, 1.165) is 31.4 Å². The standard InChI is InChI=1S/C15H22ClN3O2/c16-12-6-7-13(17-8-12)9-18-15(21)19-14-5-3-1-2-4-11(14)10-20/h6-8,11,14,20H,1-5,9-10H2,(H2,18,19,21). The van der Waals surface area contributed by atoms with Crippen LogP contribution in [0.2, 0.25) is 5.02 Å². The van der Waals surface area contributed by atoms with Gasteiger partial charge in [-0.1, -0.05) is 30.9 Å². The van der Waals surface area contributed by atoms with Crippen LogP contribution in [-0.4, -0.2) is 28.8 Å². The summed E-state index contributed by atoms with van der Waals surface area (Å²) in [6.07, 6.45) is 6.85. The van der Waals surface area contributed by atoms with Gasteiger partial charge in [-0.2, -0.15) is 0 Å². The maximum Gasteiger partial charge on any atom is 0.315 e. The second-order valence-corrected chi connectivity index (χ2v) is 5.92. The molecule has 0 aliphatic heterocycles. The molecule has 5 nitrogen and oxygen atoms in total. The first-order chi connectivity index (χ1) is 10.2. The summed E-state index contributed by atoms with van der Waals surface area (Å²) in [5.41, 5.74) is 0.758. The lowest BCUT2D eigenvalue weighted by Gasteiger charge is -2.24. The lowest BCUT2D eigenvalue weighted by molar-refractivity contribution is 0.179. The van der Waals surface area contributed by atoms with E-state index in [-0.39, 0.29) is 24.6 Å². The Morgan fingerprint density at radius 3 is 2.86 bits per heavy atom. The van der Waals surface area contributed by atoms with Gasteiger partial charge in [-0.15, -0.1) is 0 Å². The zero-order valence-corrected chi connectivity index (χ0v) is 12.8. The van der Waals surface area contributed by atoms with E-state index >= 15 is 0 Å². The highest BCUT2D eigenvalue weighted by Crippen LogP contribution is 2.23. The quantitative estimate of drug-likeness (QED) is 0.748. The number of halogens is 1. The second kappa shape index (κ2) is 8.20. The number of nitrogens with zero attached hydrogens (tertiary/aromatic N) is 1. The third kappa shape index (κ3) is 5.17. The number of hydrogen-bond acceptors (Lipinski definition) is 3. The van der Waals surface area contributed by atoms with E-state index in [1.165, 1.54) is 6.42 Å². The number of pyridine rings is 1. The van der Waals surface area contributed by atoms with Crippen LogP contribution in [-0.2, 0) is 6.54 Å². The van der Waals surface area contributed by atoms with Crippen LogP contribution < -0.4 is 10.6 Å². The van der Waals surface area contributed by atoms with Gasteiger partial charge in [-0.05, 0) is 25.0 Å². The van der Waals surface area contributed by atoms with Crippen LogP contribution in [0, 0.1) is 5.92 Å². The van der Waals surface area contributed by atoms with Crippen molar-refractivity contribution in [1.82, 2.24) is 15.6 Å². The normalized spacial score (nSPS) is 22.4. The van der Waals surface area contributed by atoms with Crippen LogP contribution in [0.25, 0.3) is 0 Å². The van der Waals surface area contributed by atoms with Crippen molar-refractivity contribution in [1.29, 1.82) is 0 Å². The first kappa shape index (κ1) is 16.0. The molecule has 1 aromatic rings. The summed E-state index contributed by atoms with van der Waals surface area (Å²) < 4.78 is 0. The van der Waals surface area contributed by atoms with Crippen molar-refractivity contribution in [3.05, 3.63) is 29.0 Å². The number of aromatic nitrogens is 1. The molecule has 2 atom stereocenters. The smallest absolute Gasteiger partial charge is 0.315 e. The molecule has 0 radical (unpaired) electrons. The molecule has 116 valence electrons. The summed E-state index contributed by atoms with van der Waals surface area (Å²) in [7, 11) is 0. The van der Waals surface area contributed by atoms with Crippen LogP contribution >= 0.6 is 11.6 Å². The summed E-state index contributed by atoms with van der Waals surface area (Å²) in [6, 6.07) is 3.37. The number of nitrogens with one attached hydrogen (secondary N) is 2. The monoisotopic (exact) mass is 311 g/mol. The van der Waals surface area contributed by atoms with Gasteiger partial charge >= 0.3 is 6.03 Å². The van der Waals surface area contributed by atoms with Crippen molar-refractivity contribution >= 4 is 17.6 Å². The number of hydrogen-bond donors (Lipinski definition) is 3. The molecule has 1 heterocycles. The average molecular weight is 312 g/mol. The maximum atomic E-state index is 12.0. The summed E-state index contributed by atoms with van der Waals surface area (Å²) in [5.74, 6) is 0.159. The Morgan fingerprint density at radius 2 is 2.14 bits per heavy atom. The Balaban J connectivity index is 1.81. The van der Waals surface area contributed by atoms with Crippen LogP contribution in [0.1, 0.15) is 37.8 Å². The molecular formula is C15H22ClN3O2. The minimum absolute atomic E-state index is 0.0516. The predicted molar refractivity (Wildman–Crippen MR) is 82.1 cm³/mol. The molecule has 2 amide bonds. The number of carbonyl (C=O) groups excluding carboxylic acids is 1. The highest BCUT2D eigenvalue weighted by Gasteiger charge is 2.24. The SMILES string of the molecule is O=C(NCc1ccc(Cl)cn1)NC1CCCCCC1CO. The van der Waals surface area contributed by atoms with Crippen LogP contribution in [0.4, 0.5) is 4.79 Å². The molecule has 0 saturated heterocycles. The minimum atomic E-state index is -0.211. The van der Waals surface area contributed by atoms with E-state index < -0.39 is 0 Å². The fraction of sp³-hybridized carbons (Fsp3) is 0.600. The Labute approximate surface area is 130 Å². The largest absolute Gasteiger partial charge is 0.396 e. The van der Waals surface area contributed by atoms with Gasteiger partial charge in [0.1, 0.15) is 0 Å². The summed E-state index contributed by atoms with van der Waals surface area (Å²) >= 11 is 5.76. The van der Waals surface area contributed by atoms with E-state index in [9.17, 15) is 9.90 Å². The molecule has 21 heavy (non-hydrogen) atoms. The molecule has 1 aromatic heterocycles. The minimum Gasteiger partial charge on any atom is -0.396 e. The van der Waals surface area contributed by atoms with Gasteiger partial charge in [0, 0.05) is 24.8 Å². The van der Waals surface area contributed by atoms with Gasteiger partial charge in [0.25, 0.3) is 0 Å². The van der Waals surface area contributed by atoms with E-state index in [1.807, 2.05) is 0 Å². The molecular weight excluding hydrogens is 290 g/mol. The second-order valence-electron chi connectivity index (χ2n) is 5.48. The molecule has 3 N–H and O–H groups in total. The van der Waals surface area contributed by atoms with Gasteiger partial charge in [0.2, 0.25) is 0 Å². The first-order valence-corrected chi connectivity index (χ1v) is 7.82. The lowest BCUT2D eigenvalue weighted by atomic mass is 9.96. The highest BCUT2D eigenvalue weighted by atomic mass is 35.5. The van der Waals surface area contributed by atoms with Crippen LogP contribution in [0.3, 0.4) is 0 Å². The van der Waals surface area contributed by atoms with Crippen molar-refractivity contribution in [2.75, 3.05) is 6.61 Å². The number of amides is 2. The number of aliphatic hydroxyl groups excluding tert-OH is 1. The molecule has 1 saturated carbocycles. The van der Waals surface area contributed by atoms with E-state index in [4.69, 9.17) is 11.6 Å². The molecule has 0 spiro atoms. The van der Waals surface area contributed by atoms with Crippen LogP contribution in [0.5, 0.6) is 0 Å². The van der Waals surface area contributed by atoms with Crippen molar-refractivity contribution in [2.24, 2.45) is 5.92 Å². The van der Waals surface area contributed by atoms with Gasteiger partial charge in [0.05, 0.1) is 17.3 Å². The maximum absolute atomic E-state index is 12.0.